The number of aliphatic hydroxyl groups is 1. The number of aliphatic hydroxyl groups excluding tert-OH is 1. The van der Waals surface area contributed by atoms with Crippen LogP contribution in [0.2, 0.25) is 0 Å². The van der Waals surface area contributed by atoms with Gasteiger partial charge in [0.2, 0.25) is 0 Å². The summed E-state index contributed by atoms with van der Waals surface area (Å²) in [5.74, 6) is -0.199. The molecule has 2 N–H and O–H groups in total. The minimum absolute atomic E-state index is 0.128. The first-order valence-electron chi connectivity index (χ1n) is 6.45. The van der Waals surface area contributed by atoms with Crippen molar-refractivity contribution in [2.45, 2.75) is 44.2 Å². The van der Waals surface area contributed by atoms with Gasteiger partial charge >= 0.3 is 0 Å². The summed E-state index contributed by atoms with van der Waals surface area (Å²) in [5.41, 5.74) is 0.426. The van der Waals surface area contributed by atoms with Crippen LogP contribution in [0.1, 0.15) is 37.7 Å². The van der Waals surface area contributed by atoms with E-state index in [4.69, 9.17) is 0 Å². The van der Waals surface area contributed by atoms with Crippen molar-refractivity contribution in [2.75, 3.05) is 6.61 Å². The van der Waals surface area contributed by atoms with Crippen LogP contribution in [0, 0.1) is 5.82 Å². The standard InChI is InChI=1S/C14H19BrFNO/c15-12-4-5-13(16)11(8-12)9-17-14(10-18)6-2-1-3-7-14/h4-5,8,17-18H,1-3,6-7,9-10H2. The van der Waals surface area contributed by atoms with Crippen LogP contribution in [0.5, 0.6) is 0 Å². The minimum Gasteiger partial charge on any atom is -0.394 e. The predicted molar refractivity (Wildman–Crippen MR) is 73.8 cm³/mol. The second-order valence-electron chi connectivity index (χ2n) is 5.09. The van der Waals surface area contributed by atoms with Crippen molar-refractivity contribution >= 4 is 15.9 Å². The molecule has 1 aromatic rings. The molecule has 1 saturated carbocycles. The zero-order chi connectivity index (χ0) is 13.0. The molecule has 0 amide bonds. The van der Waals surface area contributed by atoms with Crippen LogP contribution in [-0.4, -0.2) is 17.3 Å². The Morgan fingerprint density at radius 3 is 2.67 bits per heavy atom. The third kappa shape index (κ3) is 3.31. The summed E-state index contributed by atoms with van der Waals surface area (Å²) in [5, 5.41) is 12.9. The molecule has 0 aliphatic heterocycles. The van der Waals surface area contributed by atoms with Crippen LogP contribution in [0.3, 0.4) is 0 Å². The van der Waals surface area contributed by atoms with Crippen LogP contribution >= 0.6 is 15.9 Å². The van der Waals surface area contributed by atoms with Crippen molar-refractivity contribution in [3.63, 3.8) is 0 Å². The van der Waals surface area contributed by atoms with E-state index in [2.05, 4.69) is 21.2 Å². The molecule has 0 radical (unpaired) electrons. The minimum atomic E-state index is -0.215. The number of benzene rings is 1. The van der Waals surface area contributed by atoms with Gasteiger partial charge in [0.15, 0.2) is 0 Å². The molecule has 1 aliphatic carbocycles. The first kappa shape index (κ1) is 14.0. The highest BCUT2D eigenvalue weighted by Crippen LogP contribution is 2.28. The van der Waals surface area contributed by atoms with Gasteiger partial charge in [0.1, 0.15) is 5.82 Å². The summed E-state index contributed by atoms with van der Waals surface area (Å²) in [6.07, 6.45) is 5.44. The molecule has 0 unspecified atom stereocenters. The molecule has 0 aromatic heterocycles. The fraction of sp³-hybridized carbons (Fsp3) is 0.571. The van der Waals surface area contributed by atoms with E-state index in [1.807, 2.05) is 0 Å². The van der Waals surface area contributed by atoms with Crippen LogP contribution in [0.15, 0.2) is 22.7 Å². The molecule has 2 rings (SSSR count). The van der Waals surface area contributed by atoms with Crippen LogP contribution in [-0.2, 0) is 6.54 Å². The van der Waals surface area contributed by atoms with Crippen LogP contribution < -0.4 is 5.32 Å². The van der Waals surface area contributed by atoms with Gasteiger partial charge in [0.25, 0.3) is 0 Å². The highest BCUT2D eigenvalue weighted by Gasteiger charge is 2.30. The molecule has 4 heteroatoms. The third-order valence-corrected chi connectivity index (χ3v) is 4.27. The molecule has 100 valence electrons. The smallest absolute Gasteiger partial charge is 0.127 e. The van der Waals surface area contributed by atoms with Crippen molar-refractivity contribution in [1.29, 1.82) is 0 Å². The molecule has 0 spiro atoms. The van der Waals surface area contributed by atoms with Crippen molar-refractivity contribution in [3.8, 4) is 0 Å². The maximum absolute atomic E-state index is 13.6. The largest absolute Gasteiger partial charge is 0.394 e. The Labute approximate surface area is 116 Å². The molecule has 0 atom stereocenters. The van der Waals surface area contributed by atoms with E-state index in [0.717, 1.165) is 30.2 Å². The first-order chi connectivity index (χ1) is 8.65. The Balaban J connectivity index is 2.03. The van der Waals surface area contributed by atoms with Gasteiger partial charge in [-0.2, -0.15) is 0 Å². The number of hydrogen-bond acceptors (Lipinski definition) is 2. The molecular formula is C14H19BrFNO. The fourth-order valence-electron chi connectivity index (χ4n) is 2.58. The fourth-order valence-corrected chi connectivity index (χ4v) is 2.99. The van der Waals surface area contributed by atoms with Gasteiger partial charge in [-0.25, -0.2) is 4.39 Å². The zero-order valence-corrected chi connectivity index (χ0v) is 12.0. The number of nitrogens with one attached hydrogen (secondary N) is 1. The molecule has 0 saturated heterocycles. The van der Waals surface area contributed by atoms with Crippen LogP contribution in [0.4, 0.5) is 4.39 Å². The van der Waals surface area contributed by atoms with E-state index in [0.29, 0.717) is 12.1 Å². The SMILES string of the molecule is OCC1(NCc2cc(Br)ccc2F)CCCCC1. The topological polar surface area (TPSA) is 32.3 Å². The molecule has 1 fully saturated rings. The van der Waals surface area contributed by atoms with Gasteiger partial charge < -0.3 is 10.4 Å². The highest BCUT2D eigenvalue weighted by molar-refractivity contribution is 9.10. The summed E-state index contributed by atoms with van der Waals surface area (Å²) >= 11 is 3.35. The Bertz CT molecular complexity index is 405. The van der Waals surface area contributed by atoms with Crippen molar-refractivity contribution < 1.29 is 9.50 Å². The maximum Gasteiger partial charge on any atom is 0.127 e. The highest BCUT2D eigenvalue weighted by atomic mass is 79.9. The van der Waals surface area contributed by atoms with Gasteiger partial charge in [-0.3, -0.25) is 0 Å². The molecular weight excluding hydrogens is 297 g/mol. The van der Waals surface area contributed by atoms with E-state index in [1.165, 1.54) is 12.5 Å². The second-order valence-corrected chi connectivity index (χ2v) is 6.00. The lowest BCUT2D eigenvalue weighted by Crippen LogP contribution is -2.49. The van der Waals surface area contributed by atoms with Crippen molar-refractivity contribution in [1.82, 2.24) is 5.32 Å². The Kier molecular flexibility index (Phi) is 4.76. The van der Waals surface area contributed by atoms with E-state index in [9.17, 15) is 9.50 Å². The molecule has 0 heterocycles. The maximum atomic E-state index is 13.6. The molecule has 1 aromatic carbocycles. The van der Waals surface area contributed by atoms with E-state index in [1.54, 1.807) is 12.1 Å². The molecule has 18 heavy (non-hydrogen) atoms. The quantitative estimate of drug-likeness (QED) is 0.892. The summed E-state index contributed by atoms with van der Waals surface area (Å²) in [4.78, 5) is 0. The first-order valence-corrected chi connectivity index (χ1v) is 7.24. The number of hydrogen-bond donors (Lipinski definition) is 2. The number of halogens is 2. The van der Waals surface area contributed by atoms with Gasteiger partial charge in [-0.1, -0.05) is 35.2 Å². The summed E-state index contributed by atoms with van der Waals surface area (Å²) < 4.78 is 14.5. The lowest BCUT2D eigenvalue weighted by molar-refractivity contribution is 0.119. The molecule has 1 aliphatic rings. The normalized spacial score (nSPS) is 18.8. The zero-order valence-electron chi connectivity index (χ0n) is 10.4. The molecule has 0 bridgehead atoms. The van der Waals surface area contributed by atoms with Gasteiger partial charge in [0, 0.05) is 22.1 Å². The van der Waals surface area contributed by atoms with Crippen LogP contribution in [0.25, 0.3) is 0 Å². The summed E-state index contributed by atoms with van der Waals surface area (Å²) in [6.45, 7) is 0.592. The van der Waals surface area contributed by atoms with E-state index >= 15 is 0 Å². The molecule has 2 nitrogen and oxygen atoms in total. The van der Waals surface area contributed by atoms with Crippen molar-refractivity contribution in [2.24, 2.45) is 0 Å². The lowest BCUT2D eigenvalue weighted by atomic mass is 9.82. The number of rotatable bonds is 4. The average molecular weight is 316 g/mol. The van der Waals surface area contributed by atoms with Gasteiger partial charge in [-0.15, -0.1) is 0 Å². The summed E-state index contributed by atoms with van der Waals surface area (Å²) in [6, 6.07) is 4.95. The average Bonchev–Trinajstić information content (AvgIpc) is 2.41. The summed E-state index contributed by atoms with van der Waals surface area (Å²) in [7, 11) is 0. The van der Waals surface area contributed by atoms with Gasteiger partial charge in [0.05, 0.1) is 6.61 Å². The Morgan fingerprint density at radius 2 is 2.00 bits per heavy atom. The van der Waals surface area contributed by atoms with Gasteiger partial charge in [-0.05, 0) is 31.0 Å². The monoisotopic (exact) mass is 315 g/mol. The Morgan fingerprint density at radius 1 is 1.28 bits per heavy atom. The lowest BCUT2D eigenvalue weighted by Gasteiger charge is -2.36. The van der Waals surface area contributed by atoms with E-state index in [-0.39, 0.29) is 18.0 Å². The third-order valence-electron chi connectivity index (χ3n) is 3.77. The Hall–Kier alpha value is -0.450. The van der Waals surface area contributed by atoms with E-state index < -0.39 is 0 Å². The van der Waals surface area contributed by atoms with Crippen molar-refractivity contribution in [3.05, 3.63) is 34.1 Å². The predicted octanol–water partition coefficient (Wildman–Crippen LogP) is 3.37. The second kappa shape index (κ2) is 6.13.